The molecule has 2 heterocycles. The molecular formula is C20H25N5O. The van der Waals surface area contributed by atoms with Gasteiger partial charge in [0.15, 0.2) is 5.82 Å². The summed E-state index contributed by atoms with van der Waals surface area (Å²) < 4.78 is 5.49. The molecule has 3 aromatic rings. The molecule has 6 heteroatoms. The van der Waals surface area contributed by atoms with E-state index in [9.17, 15) is 0 Å². The highest BCUT2D eigenvalue weighted by molar-refractivity contribution is 5.54. The summed E-state index contributed by atoms with van der Waals surface area (Å²) in [7, 11) is 0. The van der Waals surface area contributed by atoms with Crippen LogP contribution >= 0.6 is 0 Å². The van der Waals surface area contributed by atoms with Gasteiger partial charge in [0, 0.05) is 29.9 Å². The lowest BCUT2D eigenvalue weighted by atomic mass is 9.89. The van der Waals surface area contributed by atoms with Crippen molar-refractivity contribution in [1.82, 2.24) is 25.4 Å². The Morgan fingerprint density at radius 2 is 2.00 bits per heavy atom. The van der Waals surface area contributed by atoms with Crippen LogP contribution in [0.15, 0.2) is 41.1 Å². The standard InChI is InChI=1S/C20H25N5O/c1-14(20-24-19(25-26-20)16-10-6-3-7-11-16)21-12-17-13-22-18(23-17)15-8-4-2-5-9-15/h2,4-5,8-9,13-14,16,21H,3,6-7,10-12H2,1H3,(H,22,23). The normalized spacial score (nSPS) is 16.7. The average molecular weight is 351 g/mol. The zero-order valence-electron chi connectivity index (χ0n) is 15.1. The molecule has 0 spiro atoms. The molecule has 1 fully saturated rings. The number of imidazole rings is 1. The molecule has 1 atom stereocenters. The number of aromatic nitrogens is 4. The lowest BCUT2D eigenvalue weighted by molar-refractivity contribution is 0.329. The Morgan fingerprint density at radius 1 is 1.19 bits per heavy atom. The van der Waals surface area contributed by atoms with Crippen LogP contribution in [0.2, 0.25) is 0 Å². The molecule has 26 heavy (non-hydrogen) atoms. The number of H-pyrrole nitrogens is 1. The molecule has 4 rings (SSSR count). The van der Waals surface area contributed by atoms with Crippen molar-refractivity contribution >= 4 is 0 Å². The van der Waals surface area contributed by atoms with Gasteiger partial charge in [0.1, 0.15) is 5.82 Å². The molecule has 1 aliphatic carbocycles. The number of nitrogens with one attached hydrogen (secondary N) is 2. The molecule has 0 radical (unpaired) electrons. The van der Waals surface area contributed by atoms with Crippen molar-refractivity contribution < 1.29 is 4.52 Å². The fraction of sp³-hybridized carbons (Fsp3) is 0.450. The Labute approximate surface area is 153 Å². The molecule has 0 bridgehead atoms. The molecule has 136 valence electrons. The highest BCUT2D eigenvalue weighted by Gasteiger charge is 2.22. The van der Waals surface area contributed by atoms with E-state index in [2.05, 4.69) is 25.4 Å². The number of rotatable bonds is 6. The molecule has 0 aliphatic heterocycles. The molecule has 2 aromatic heterocycles. The van der Waals surface area contributed by atoms with Crippen LogP contribution in [0.1, 0.15) is 68.4 Å². The van der Waals surface area contributed by atoms with Crippen LogP contribution in [-0.2, 0) is 6.54 Å². The van der Waals surface area contributed by atoms with Gasteiger partial charge in [0.2, 0.25) is 5.89 Å². The average Bonchev–Trinajstić information content (AvgIpc) is 3.37. The number of hydrogen-bond donors (Lipinski definition) is 2. The van der Waals surface area contributed by atoms with E-state index in [1.54, 1.807) is 0 Å². The van der Waals surface area contributed by atoms with Crippen molar-refractivity contribution in [2.24, 2.45) is 0 Å². The zero-order chi connectivity index (χ0) is 17.8. The minimum atomic E-state index is 0.00307. The van der Waals surface area contributed by atoms with Crippen molar-refractivity contribution in [1.29, 1.82) is 0 Å². The summed E-state index contributed by atoms with van der Waals surface area (Å²) in [5, 5.41) is 7.64. The van der Waals surface area contributed by atoms with Crippen molar-refractivity contribution in [2.75, 3.05) is 0 Å². The van der Waals surface area contributed by atoms with E-state index in [1.807, 2.05) is 43.5 Å². The lowest BCUT2D eigenvalue weighted by Crippen LogP contribution is -2.18. The van der Waals surface area contributed by atoms with Gasteiger partial charge in [-0.2, -0.15) is 4.98 Å². The third-order valence-corrected chi connectivity index (χ3v) is 5.07. The summed E-state index contributed by atoms with van der Waals surface area (Å²) in [4.78, 5) is 12.4. The van der Waals surface area contributed by atoms with Gasteiger partial charge in [0.25, 0.3) is 0 Å². The van der Waals surface area contributed by atoms with E-state index in [0.29, 0.717) is 18.4 Å². The van der Waals surface area contributed by atoms with E-state index < -0.39 is 0 Å². The SMILES string of the molecule is CC(NCc1cnc(-c2ccccc2)[nH]1)c1nc(C2CCCCC2)no1. The second-order valence-corrected chi connectivity index (χ2v) is 7.05. The Hall–Kier alpha value is -2.47. The molecular weight excluding hydrogens is 326 g/mol. The van der Waals surface area contributed by atoms with E-state index in [1.165, 1.54) is 32.1 Å². The van der Waals surface area contributed by atoms with E-state index >= 15 is 0 Å². The fourth-order valence-corrected chi connectivity index (χ4v) is 3.49. The molecule has 6 nitrogen and oxygen atoms in total. The minimum absolute atomic E-state index is 0.00307. The van der Waals surface area contributed by atoms with Crippen LogP contribution in [0.3, 0.4) is 0 Å². The van der Waals surface area contributed by atoms with E-state index in [0.717, 1.165) is 22.9 Å². The third kappa shape index (κ3) is 3.85. The fourth-order valence-electron chi connectivity index (χ4n) is 3.49. The van der Waals surface area contributed by atoms with Gasteiger partial charge in [-0.25, -0.2) is 4.98 Å². The van der Waals surface area contributed by atoms with Gasteiger partial charge in [-0.15, -0.1) is 0 Å². The van der Waals surface area contributed by atoms with Crippen molar-refractivity contribution in [3.05, 3.63) is 53.9 Å². The van der Waals surface area contributed by atoms with Gasteiger partial charge in [-0.3, -0.25) is 0 Å². The predicted octanol–water partition coefficient (Wildman–Crippen LogP) is 4.36. The highest BCUT2D eigenvalue weighted by Crippen LogP contribution is 2.31. The van der Waals surface area contributed by atoms with Crippen LogP contribution in [0.25, 0.3) is 11.4 Å². The molecule has 0 saturated heterocycles. The predicted molar refractivity (Wildman–Crippen MR) is 99.4 cm³/mol. The van der Waals surface area contributed by atoms with Gasteiger partial charge in [-0.1, -0.05) is 54.8 Å². The van der Waals surface area contributed by atoms with Crippen LogP contribution in [0.5, 0.6) is 0 Å². The second-order valence-electron chi connectivity index (χ2n) is 7.05. The maximum Gasteiger partial charge on any atom is 0.243 e. The van der Waals surface area contributed by atoms with Crippen LogP contribution < -0.4 is 5.32 Å². The van der Waals surface area contributed by atoms with Crippen LogP contribution in [0, 0.1) is 0 Å². The Balaban J connectivity index is 1.35. The minimum Gasteiger partial charge on any atom is -0.341 e. The number of aromatic amines is 1. The summed E-state index contributed by atoms with van der Waals surface area (Å²) >= 11 is 0. The summed E-state index contributed by atoms with van der Waals surface area (Å²) in [6.45, 7) is 2.72. The molecule has 2 N–H and O–H groups in total. The summed E-state index contributed by atoms with van der Waals surface area (Å²) in [6.07, 6.45) is 8.09. The first kappa shape index (κ1) is 17.0. The Bertz CT molecular complexity index is 820. The van der Waals surface area contributed by atoms with E-state index in [-0.39, 0.29) is 6.04 Å². The van der Waals surface area contributed by atoms with Gasteiger partial charge in [0.05, 0.1) is 6.04 Å². The third-order valence-electron chi connectivity index (χ3n) is 5.07. The smallest absolute Gasteiger partial charge is 0.243 e. The molecule has 1 saturated carbocycles. The first-order valence-corrected chi connectivity index (χ1v) is 9.46. The van der Waals surface area contributed by atoms with Crippen LogP contribution in [-0.4, -0.2) is 20.1 Å². The number of nitrogens with zero attached hydrogens (tertiary/aromatic N) is 3. The summed E-state index contributed by atoms with van der Waals surface area (Å²) in [5.74, 6) is 2.89. The first-order valence-electron chi connectivity index (χ1n) is 9.46. The monoisotopic (exact) mass is 351 g/mol. The first-order chi connectivity index (χ1) is 12.8. The molecule has 1 aliphatic rings. The largest absolute Gasteiger partial charge is 0.341 e. The van der Waals surface area contributed by atoms with Crippen molar-refractivity contribution in [3.8, 4) is 11.4 Å². The number of hydrogen-bond acceptors (Lipinski definition) is 5. The number of benzene rings is 1. The van der Waals surface area contributed by atoms with Crippen molar-refractivity contribution in [2.45, 2.75) is 57.5 Å². The second kappa shape index (κ2) is 7.83. The van der Waals surface area contributed by atoms with Crippen molar-refractivity contribution in [3.63, 3.8) is 0 Å². The maximum absolute atomic E-state index is 5.49. The van der Waals surface area contributed by atoms with Gasteiger partial charge >= 0.3 is 0 Å². The van der Waals surface area contributed by atoms with Gasteiger partial charge < -0.3 is 14.8 Å². The Kier molecular flexibility index (Phi) is 5.11. The zero-order valence-corrected chi connectivity index (χ0v) is 15.1. The highest BCUT2D eigenvalue weighted by atomic mass is 16.5. The van der Waals surface area contributed by atoms with Crippen LogP contribution in [0.4, 0.5) is 0 Å². The molecule has 1 unspecified atom stereocenters. The van der Waals surface area contributed by atoms with Gasteiger partial charge in [-0.05, 0) is 19.8 Å². The molecule has 0 amide bonds. The Morgan fingerprint density at radius 3 is 2.81 bits per heavy atom. The lowest BCUT2D eigenvalue weighted by Gasteiger charge is -2.17. The van der Waals surface area contributed by atoms with E-state index in [4.69, 9.17) is 4.52 Å². The maximum atomic E-state index is 5.49. The summed E-state index contributed by atoms with van der Waals surface area (Å²) in [6, 6.07) is 10.1. The quantitative estimate of drug-likeness (QED) is 0.690. The topological polar surface area (TPSA) is 79.6 Å². The molecule has 1 aromatic carbocycles. The summed E-state index contributed by atoms with van der Waals surface area (Å²) in [5.41, 5.74) is 2.11.